The van der Waals surface area contributed by atoms with Crippen LogP contribution in [0.25, 0.3) is 0 Å². The van der Waals surface area contributed by atoms with Gasteiger partial charge in [0.25, 0.3) is 0 Å². The minimum Gasteiger partial charge on any atom is -0.497 e. The van der Waals surface area contributed by atoms with E-state index in [1.54, 1.807) is 7.11 Å². The van der Waals surface area contributed by atoms with Gasteiger partial charge in [0, 0.05) is 16.5 Å². The van der Waals surface area contributed by atoms with Crippen molar-refractivity contribution in [2.24, 2.45) is 5.92 Å². The van der Waals surface area contributed by atoms with Gasteiger partial charge in [0.2, 0.25) is 5.91 Å². The van der Waals surface area contributed by atoms with Crippen molar-refractivity contribution in [3.8, 4) is 5.75 Å². The van der Waals surface area contributed by atoms with Gasteiger partial charge in [0.15, 0.2) is 0 Å². The standard InChI is InChI=1S/C13H17BrN2O2.ClH/c1-18-10-2-3-11(14)12(8-10)16-13(17)9-4-6-15-7-5-9;/h2-3,8-9,15H,4-7H2,1H3,(H,16,17);1H. The molecule has 0 unspecified atom stereocenters. The molecule has 19 heavy (non-hydrogen) atoms. The minimum absolute atomic E-state index is 0. The number of amides is 1. The zero-order valence-electron chi connectivity index (χ0n) is 10.7. The average Bonchev–Trinajstić information content (AvgIpc) is 2.42. The van der Waals surface area contributed by atoms with E-state index in [0.29, 0.717) is 0 Å². The van der Waals surface area contributed by atoms with Crippen molar-refractivity contribution in [3.05, 3.63) is 22.7 Å². The van der Waals surface area contributed by atoms with Gasteiger partial charge in [0.1, 0.15) is 5.75 Å². The summed E-state index contributed by atoms with van der Waals surface area (Å²) in [5, 5.41) is 6.21. The molecule has 1 aliphatic heterocycles. The Balaban J connectivity index is 0.00000180. The third kappa shape index (κ3) is 4.37. The van der Waals surface area contributed by atoms with Gasteiger partial charge >= 0.3 is 0 Å². The number of halogens is 2. The number of carbonyl (C=O) groups is 1. The zero-order valence-corrected chi connectivity index (χ0v) is 13.1. The second-order valence-electron chi connectivity index (χ2n) is 4.36. The number of ether oxygens (including phenoxy) is 1. The van der Waals surface area contributed by atoms with E-state index in [2.05, 4.69) is 26.6 Å². The van der Waals surface area contributed by atoms with Gasteiger partial charge in [-0.25, -0.2) is 0 Å². The zero-order chi connectivity index (χ0) is 13.0. The van der Waals surface area contributed by atoms with Gasteiger partial charge in [-0.15, -0.1) is 12.4 Å². The molecule has 4 nitrogen and oxygen atoms in total. The van der Waals surface area contributed by atoms with Crippen LogP contribution in [0.1, 0.15) is 12.8 Å². The Kier molecular flexibility index (Phi) is 6.62. The van der Waals surface area contributed by atoms with Crippen LogP contribution >= 0.6 is 28.3 Å². The first-order valence-corrected chi connectivity index (χ1v) is 6.85. The highest BCUT2D eigenvalue weighted by Gasteiger charge is 2.21. The smallest absolute Gasteiger partial charge is 0.227 e. The highest BCUT2D eigenvalue weighted by atomic mass is 79.9. The molecule has 0 aliphatic carbocycles. The fourth-order valence-corrected chi connectivity index (χ4v) is 2.39. The molecule has 1 saturated heterocycles. The SMILES string of the molecule is COc1ccc(Br)c(NC(=O)C2CCNCC2)c1.Cl. The molecule has 0 saturated carbocycles. The van der Waals surface area contributed by atoms with Crippen molar-refractivity contribution in [1.82, 2.24) is 5.32 Å². The summed E-state index contributed by atoms with van der Waals surface area (Å²) in [6, 6.07) is 5.55. The summed E-state index contributed by atoms with van der Waals surface area (Å²) in [7, 11) is 1.61. The van der Waals surface area contributed by atoms with Gasteiger partial charge in [0.05, 0.1) is 12.8 Å². The molecule has 6 heteroatoms. The largest absolute Gasteiger partial charge is 0.497 e. The highest BCUT2D eigenvalue weighted by molar-refractivity contribution is 9.10. The summed E-state index contributed by atoms with van der Waals surface area (Å²) in [5.74, 6) is 0.925. The Hall–Kier alpha value is -0.780. The van der Waals surface area contributed by atoms with Crippen molar-refractivity contribution >= 4 is 39.9 Å². The van der Waals surface area contributed by atoms with Gasteiger partial charge in [-0.05, 0) is 54.0 Å². The summed E-state index contributed by atoms with van der Waals surface area (Å²) in [6.45, 7) is 1.83. The summed E-state index contributed by atoms with van der Waals surface area (Å²) < 4.78 is 6.02. The molecule has 0 bridgehead atoms. The van der Waals surface area contributed by atoms with E-state index in [0.717, 1.165) is 41.8 Å². The maximum Gasteiger partial charge on any atom is 0.227 e. The number of benzene rings is 1. The van der Waals surface area contributed by atoms with Crippen molar-refractivity contribution in [1.29, 1.82) is 0 Å². The number of hydrogen-bond acceptors (Lipinski definition) is 3. The topological polar surface area (TPSA) is 50.4 Å². The lowest BCUT2D eigenvalue weighted by atomic mass is 9.97. The van der Waals surface area contributed by atoms with Gasteiger partial charge in [-0.2, -0.15) is 0 Å². The number of methoxy groups -OCH3 is 1. The van der Waals surface area contributed by atoms with Crippen molar-refractivity contribution in [2.45, 2.75) is 12.8 Å². The summed E-state index contributed by atoms with van der Waals surface area (Å²) >= 11 is 3.43. The normalized spacial score (nSPS) is 15.5. The van der Waals surface area contributed by atoms with E-state index in [-0.39, 0.29) is 24.2 Å². The van der Waals surface area contributed by atoms with Crippen LogP contribution in [0.3, 0.4) is 0 Å². The van der Waals surface area contributed by atoms with E-state index in [1.807, 2.05) is 18.2 Å². The number of hydrogen-bond donors (Lipinski definition) is 2. The monoisotopic (exact) mass is 348 g/mol. The van der Waals surface area contributed by atoms with Crippen molar-refractivity contribution < 1.29 is 9.53 Å². The van der Waals surface area contributed by atoms with Crippen molar-refractivity contribution in [2.75, 3.05) is 25.5 Å². The Bertz CT molecular complexity index is 437. The van der Waals surface area contributed by atoms with Gasteiger partial charge in [-0.3, -0.25) is 4.79 Å². The van der Waals surface area contributed by atoms with Crippen LogP contribution in [-0.2, 0) is 4.79 Å². The second-order valence-corrected chi connectivity index (χ2v) is 5.21. The maximum atomic E-state index is 12.1. The molecule has 0 spiro atoms. The van der Waals surface area contributed by atoms with Crippen LogP contribution in [0.15, 0.2) is 22.7 Å². The fraction of sp³-hybridized carbons (Fsp3) is 0.462. The Labute approximate surface area is 127 Å². The lowest BCUT2D eigenvalue weighted by molar-refractivity contribution is -0.120. The van der Waals surface area contributed by atoms with Crippen LogP contribution < -0.4 is 15.4 Å². The number of rotatable bonds is 3. The molecule has 0 atom stereocenters. The Morgan fingerprint density at radius 1 is 1.42 bits per heavy atom. The third-order valence-electron chi connectivity index (χ3n) is 3.14. The number of nitrogens with one attached hydrogen (secondary N) is 2. The maximum absolute atomic E-state index is 12.1. The molecular formula is C13H18BrClN2O2. The molecule has 2 rings (SSSR count). The molecule has 1 aromatic carbocycles. The third-order valence-corrected chi connectivity index (χ3v) is 3.83. The highest BCUT2D eigenvalue weighted by Crippen LogP contribution is 2.28. The van der Waals surface area contributed by atoms with Crippen LogP contribution in [0, 0.1) is 5.92 Å². The lowest BCUT2D eigenvalue weighted by Crippen LogP contribution is -2.34. The van der Waals surface area contributed by atoms with Crippen LogP contribution in [0.2, 0.25) is 0 Å². The average molecular weight is 350 g/mol. The summed E-state index contributed by atoms with van der Waals surface area (Å²) in [4.78, 5) is 12.1. The molecule has 1 aromatic rings. The molecule has 1 fully saturated rings. The van der Waals surface area contributed by atoms with Crippen molar-refractivity contribution in [3.63, 3.8) is 0 Å². The van der Waals surface area contributed by atoms with Gasteiger partial charge < -0.3 is 15.4 Å². The summed E-state index contributed by atoms with van der Waals surface area (Å²) in [6.07, 6.45) is 1.79. The van der Waals surface area contributed by atoms with Crippen LogP contribution in [0.5, 0.6) is 5.75 Å². The molecule has 1 amide bonds. The van der Waals surface area contributed by atoms with E-state index < -0.39 is 0 Å². The van der Waals surface area contributed by atoms with E-state index in [1.165, 1.54) is 0 Å². The first-order chi connectivity index (χ1) is 8.70. The molecular weight excluding hydrogens is 332 g/mol. The van der Waals surface area contributed by atoms with E-state index in [9.17, 15) is 4.79 Å². The quantitative estimate of drug-likeness (QED) is 0.882. The predicted octanol–water partition coefficient (Wildman–Crippen LogP) is 2.82. The number of anilines is 1. The summed E-state index contributed by atoms with van der Waals surface area (Å²) in [5.41, 5.74) is 0.762. The molecule has 1 aliphatic rings. The fourth-order valence-electron chi connectivity index (χ4n) is 2.05. The first-order valence-electron chi connectivity index (χ1n) is 6.06. The molecule has 2 N–H and O–H groups in total. The van der Waals surface area contributed by atoms with E-state index >= 15 is 0 Å². The predicted molar refractivity (Wildman–Crippen MR) is 82.2 cm³/mol. The Morgan fingerprint density at radius 3 is 2.74 bits per heavy atom. The van der Waals surface area contributed by atoms with Gasteiger partial charge in [-0.1, -0.05) is 0 Å². The number of piperidine rings is 1. The Morgan fingerprint density at radius 2 is 2.11 bits per heavy atom. The first kappa shape index (κ1) is 16.3. The second kappa shape index (κ2) is 7.72. The minimum atomic E-state index is 0. The molecule has 106 valence electrons. The lowest BCUT2D eigenvalue weighted by Gasteiger charge is -2.22. The van der Waals surface area contributed by atoms with Crippen LogP contribution in [-0.4, -0.2) is 26.1 Å². The van der Waals surface area contributed by atoms with E-state index in [4.69, 9.17) is 4.74 Å². The van der Waals surface area contributed by atoms with Crippen LogP contribution in [0.4, 0.5) is 5.69 Å². The molecule has 0 radical (unpaired) electrons. The molecule has 1 heterocycles. The molecule has 0 aromatic heterocycles. The number of carbonyl (C=O) groups excluding carboxylic acids is 1.